The molecular weight excluding hydrogens is 239 g/mol. The van der Waals surface area contributed by atoms with Gasteiger partial charge in [0.25, 0.3) is 0 Å². The SMILES string of the molecule is C=C/C(=C\C(=C)[B]C)NC1CCC(=O)NC1=O.CC. The van der Waals surface area contributed by atoms with Crippen LogP contribution in [0.1, 0.15) is 26.7 Å². The number of hydrogen-bond donors (Lipinski definition) is 2. The molecule has 19 heavy (non-hydrogen) atoms. The van der Waals surface area contributed by atoms with Crippen molar-refractivity contribution < 1.29 is 9.59 Å². The third-order valence-electron chi connectivity index (χ3n) is 2.51. The first-order valence-electron chi connectivity index (χ1n) is 6.49. The zero-order valence-electron chi connectivity index (χ0n) is 12.0. The highest BCUT2D eigenvalue weighted by Crippen LogP contribution is 2.08. The van der Waals surface area contributed by atoms with Crippen LogP contribution in [0.15, 0.2) is 36.5 Å². The van der Waals surface area contributed by atoms with Crippen LogP contribution < -0.4 is 10.6 Å². The van der Waals surface area contributed by atoms with Crippen molar-refractivity contribution in [2.75, 3.05) is 0 Å². The van der Waals surface area contributed by atoms with Crippen LogP contribution in [0.3, 0.4) is 0 Å². The highest BCUT2D eigenvalue weighted by Gasteiger charge is 2.26. The maximum atomic E-state index is 11.5. The fourth-order valence-electron chi connectivity index (χ4n) is 1.48. The Morgan fingerprint density at radius 3 is 2.58 bits per heavy atom. The van der Waals surface area contributed by atoms with Gasteiger partial charge >= 0.3 is 0 Å². The normalized spacial score (nSPS) is 18.7. The van der Waals surface area contributed by atoms with E-state index in [1.807, 2.05) is 28.0 Å². The van der Waals surface area contributed by atoms with E-state index in [-0.39, 0.29) is 17.9 Å². The zero-order chi connectivity index (χ0) is 14.8. The first kappa shape index (κ1) is 17.2. The van der Waals surface area contributed by atoms with Gasteiger partial charge in [-0.2, -0.15) is 0 Å². The molecule has 2 amide bonds. The molecule has 1 heterocycles. The van der Waals surface area contributed by atoms with Gasteiger partial charge in [0.15, 0.2) is 0 Å². The van der Waals surface area contributed by atoms with Crippen LogP contribution in [-0.2, 0) is 9.59 Å². The van der Waals surface area contributed by atoms with E-state index in [1.54, 1.807) is 12.2 Å². The molecule has 0 spiro atoms. The molecule has 2 N–H and O–H groups in total. The maximum Gasteiger partial charge on any atom is 0.249 e. The molecule has 0 aromatic carbocycles. The van der Waals surface area contributed by atoms with E-state index >= 15 is 0 Å². The second kappa shape index (κ2) is 9.19. The molecule has 1 rings (SSSR count). The summed E-state index contributed by atoms with van der Waals surface area (Å²) in [5.74, 6) is -0.511. The van der Waals surface area contributed by atoms with Gasteiger partial charge in [-0.05, 0) is 18.6 Å². The summed E-state index contributed by atoms with van der Waals surface area (Å²) in [5.41, 5.74) is 1.56. The lowest BCUT2D eigenvalue weighted by Crippen LogP contribution is -2.50. The Balaban J connectivity index is 0.00000154. The van der Waals surface area contributed by atoms with E-state index in [2.05, 4.69) is 23.8 Å². The smallest absolute Gasteiger partial charge is 0.249 e. The molecule has 0 aromatic heterocycles. The standard InChI is InChI=1S/C12H16BN2O2.C2H6/c1-4-9(7-8(2)13-3)14-10-5-6-11(16)15-12(10)17;1-2/h4,7,10,14H,1-2,5-6H2,3H3,(H,15,16,17);1-2H3/b9-7+;. The van der Waals surface area contributed by atoms with Gasteiger partial charge in [0.1, 0.15) is 13.3 Å². The number of carbonyl (C=O) groups is 2. The lowest BCUT2D eigenvalue weighted by molar-refractivity contribution is -0.134. The van der Waals surface area contributed by atoms with Crippen molar-refractivity contribution >= 4 is 19.1 Å². The fraction of sp³-hybridized carbons (Fsp3) is 0.429. The molecule has 1 fully saturated rings. The molecular formula is C14H22BN2O2. The van der Waals surface area contributed by atoms with Crippen LogP contribution in [0, 0.1) is 0 Å². The predicted octanol–water partition coefficient (Wildman–Crippen LogP) is 1.74. The predicted molar refractivity (Wildman–Crippen MR) is 79.7 cm³/mol. The van der Waals surface area contributed by atoms with Gasteiger partial charge in [-0.25, -0.2) is 0 Å². The molecule has 0 saturated carbocycles. The lowest BCUT2D eigenvalue weighted by atomic mass is 9.73. The van der Waals surface area contributed by atoms with E-state index in [1.165, 1.54) is 0 Å². The molecule has 1 atom stereocenters. The molecule has 1 aliphatic heterocycles. The number of hydrogen-bond acceptors (Lipinski definition) is 3. The lowest BCUT2D eigenvalue weighted by Gasteiger charge is -2.23. The van der Waals surface area contributed by atoms with Crippen molar-refractivity contribution in [1.82, 2.24) is 10.6 Å². The second-order valence-corrected chi connectivity index (χ2v) is 3.82. The van der Waals surface area contributed by atoms with Crippen LogP contribution in [-0.4, -0.2) is 25.1 Å². The van der Waals surface area contributed by atoms with Gasteiger partial charge in [0.2, 0.25) is 11.8 Å². The number of amides is 2. The van der Waals surface area contributed by atoms with Crippen molar-refractivity contribution in [2.24, 2.45) is 0 Å². The average molecular weight is 261 g/mol. The van der Waals surface area contributed by atoms with E-state index in [4.69, 9.17) is 0 Å². The number of rotatable bonds is 5. The summed E-state index contributed by atoms with van der Waals surface area (Å²) in [7, 11) is 1.86. The van der Waals surface area contributed by atoms with E-state index in [0.717, 1.165) is 11.2 Å². The molecule has 103 valence electrons. The Morgan fingerprint density at radius 1 is 1.47 bits per heavy atom. The number of nitrogens with one attached hydrogen (secondary N) is 2. The quantitative estimate of drug-likeness (QED) is 0.450. The Hall–Kier alpha value is -1.78. The second-order valence-electron chi connectivity index (χ2n) is 3.82. The summed E-state index contributed by atoms with van der Waals surface area (Å²) in [6, 6.07) is -0.387. The molecule has 1 unspecified atom stereocenters. The van der Waals surface area contributed by atoms with Gasteiger partial charge in [-0.3, -0.25) is 14.9 Å². The maximum absolute atomic E-state index is 11.5. The van der Waals surface area contributed by atoms with Crippen LogP contribution in [0.4, 0.5) is 0 Å². The molecule has 5 heteroatoms. The van der Waals surface area contributed by atoms with Crippen LogP contribution in [0.2, 0.25) is 6.82 Å². The van der Waals surface area contributed by atoms with Gasteiger partial charge in [-0.15, -0.1) is 6.58 Å². The van der Waals surface area contributed by atoms with Gasteiger partial charge in [0, 0.05) is 12.1 Å². The van der Waals surface area contributed by atoms with Crippen LogP contribution >= 0.6 is 0 Å². The Morgan fingerprint density at radius 2 is 2.11 bits per heavy atom. The summed E-state index contributed by atoms with van der Waals surface area (Å²) < 4.78 is 0. The molecule has 1 radical (unpaired) electrons. The minimum atomic E-state index is -0.387. The number of allylic oxidation sites excluding steroid dienone is 3. The highest BCUT2D eigenvalue weighted by molar-refractivity contribution is 6.44. The Kier molecular flexibility index (Phi) is 8.34. The first-order chi connectivity index (χ1) is 9.06. The molecule has 0 aromatic rings. The van der Waals surface area contributed by atoms with E-state index < -0.39 is 0 Å². The largest absolute Gasteiger partial charge is 0.374 e. The van der Waals surface area contributed by atoms with E-state index in [0.29, 0.717) is 12.8 Å². The summed E-state index contributed by atoms with van der Waals surface area (Å²) >= 11 is 0. The summed E-state index contributed by atoms with van der Waals surface area (Å²) in [6.45, 7) is 13.4. The molecule has 4 nitrogen and oxygen atoms in total. The molecule has 0 bridgehead atoms. The van der Waals surface area contributed by atoms with E-state index in [9.17, 15) is 9.59 Å². The average Bonchev–Trinajstić information content (AvgIpc) is 2.42. The monoisotopic (exact) mass is 261 g/mol. The summed E-state index contributed by atoms with van der Waals surface area (Å²) in [6.07, 6.45) is 4.28. The van der Waals surface area contributed by atoms with Crippen molar-refractivity contribution in [3.05, 3.63) is 36.5 Å². The molecule has 0 aliphatic carbocycles. The first-order valence-corrected chi connectivity index (χ1v) is 6.49. The van der Waals surface area contributed by atoms with Crippen molar-refractivity contribution in [3.63, 3.8) is 0 Å². The van der Waals surface area contributed by atoms with Gasteiger partial charge in [0.05, 0.1) is 0 Å². The third-order valence-corrected chi connectivity index (χ3v) is 2.51. The minimum absolute atomic E-state index is 0.219. The van der Waals surface area contributed by atoms with Crippen molar-refractivity contribution in [3.8, 4) is 0 Å². The third kappa shape index (κ3) is 6.09. The Labute approximate surface area is 116 Å². The van der Waals surface area contributed by atoms with Gasteiger partial charge < -0.3 is 5.32 Å². The highest BCUT2D eigenvalue weighted by atomic mass is 16.2. The van der Waals surface area contributed by atoms with Crippen molar-refractivity contribution in [1.29, 1.82) is 0 Å². The minimum Gasteiger partial charge on any atom is -0.374 e. The topological polar surface area (TPSA) is 58.2 Å². The summed E-state index contributed by atoms with van der Waals surface area (Å²) in [4.78, 5) is 22.5. The van der Waals surface area contributed by atoms with Crippen molar-refractivity contribution in [2.45, 2.75) is 39.6 Å². The number of piperidine rings is 1. The number of imide groups is 1. The Bertz CT molecular complexity index is 389. The van der Waals surface area contributed by atoms with Gasteiger partial charge in [-0.1, -0.05) is 32.7 Å². The van der Waals surface area contributed by atoms with Crippen LogP contribution in [0.25, 0.3) is 0 Å². The summed E-state index contributed by atoms with van der Waals surface area (Å²) in [5, 5.41) is 5.33. The molecule has 1 aliphatic rings. The molecule has 1 saturated heterocycles. The fourth-order valence-corrected chi connectivity index (χ4v) is 1.48. The zero-order valence-corrected chi connectivity index (χ0v) is 12.0. The van der Waals surface area contributed by atoms with Crippen LogP contribution in [0.5, 0.6) is 0 Å². The number of carbonyl (C=O) groups excluding carboxylic acids is 2.